The Hall–Kier alpha value is -3.16. The van der Waals surface area contributed by atoms with Crippen LogP contribution in [0.25, 0.3) is 16.8 Å². The lowest BCUT2D eigenvalue weighted by Gasteiger charge is -2.10. The van der Waals surface area contributed by atoms with E-state index < -0.39 is 15.9 Å². The number of primary sulfonamides is 1. The molecule has 0 unspecified atom stereocenters. The number of anilines is 1. The zero-order valence-corrected chi connectivity index (χ0v) is 15.4. The van der Waals surface area contributed by atoms with E-state index in [9.17, 15) is 13.2 Å². The number of hydrogen-bond donors (Lipinski definition) is 2. The van der Waals surface area contributed by atoms with Crippen molar-refractivity contribution in [3.63, 3.8) is 0 Å². The van der Waals surface area contributed by atoms with Gasteiger partial charge < -0.3 is 10.1 Å². The van der Waals surface area contributed by atoms with Gasteiger partial charge >= 0.3 is 0 Å². The van der Waals surface area contributed by atoms with Crippen LogP contribution in [0.4, 0.5) is 5.69 Å². The second-order valence-corrected chi connectivity index (χ2v) is 7.36. The molecule has 0 aliphatic heterocycles. The van der Waals surface area contributed by atoms with Gasteiger partial charge in [0.1, 0.15) is 5.75 Å². The number of rotatable bonds is 5. The highest BCUT2D eigenvalue weighted by Gasteiger charge is 2.13. The van der Waals surface area contributed by atoms with Gasteiger partial charge in [0.25, 0.3) is 0 Å². The van der Waals surface area contributed by atoms with Crippen LogP contribution in [0.5, 0.6) is 5.75 Å². The summed E-state index contributed by atoms with van der Waals surface area (Å²) in [5.74, 6) is -0.0953. The van der Waals surface area contributed by atoms with Crippen molar-refractivity contribution in [1.29, 1.82) is 0 Å². The van der Waals surface area contributed by atoms with Gasteiger partial charge in [-0.2, -0.15) is 0 Å². The number of amides is 1. The normalized spacial score (nSPS) is 11.6. The molecule has 0 radical (unpaired) electrons. The van der Waals surface area contributed by atoms with E-state index in [0.717, 1.165) is 16.3 Å². The third kappa shape index (κ3) is 4.33. The molecule has 0 fully saturated rings. The van der Waals surface area contributed by atoms with Crippen molar-refractivity contribution in [2.24, 2.45) is 5.14 Å². The van der Waals surface area contributed by atoms with Crippen LogP contribution in [0.1, 0.15) is 5.56 Å². The molecule has 0 bridgehead atoms. The molecule has 3 aromatic rings. The van der Waals surface area contributed by atoms with Crippen LogP contribution in [-0.4, -0.2) is 21.4 Å². The maximum atomic E-state index is 12.3. The minimum atomic E-state index is -3.89. The van der Waals surface area contributed by atoms with Gasteiger partial charge in [-0.15, -0.1) is 0 Å². The molecule has 27 heavy (non-hydrogen) atoms. The summed E-state index contributed by atoms with van der Waals surface area (Å²) in [5, 5.41) is 9.86. The zero-order chi connectivity index (χ0) is 19.4. The predicted molar refractivity (Wildman–Crippen MR) is 106 cm³/mol. The first kappa shape index (κ1) is 18.6. The van der Waals surface area contributed by atoms with Gasteiger partial charge in [-0.1, -0.05) is 42.5 Å². The Morgan fingerprint density at radius 1 is 1.07 bits per heavy atom. The lowest BCUT2D eigenvalue weighted by atomic mass is 10.0. The number of fused-ring (bicyclic) bond motifs is 1. The van der Waals surface area contributed by atoms with Gasteiger partial charge in [-0.3, -0.25) is 4.79 Å². The molecule has 138 valence electrons. The van der Waals surface area contributed by atoms with Crippen molar-refractivity contribution in [2.45, 2.75) is 4.90 Å². The van der Waals surface area contributed by atoms with E-state index in [-0.39, 0.29) is 10.6 Å². The first-order chi connectivity index (χ1) is 12.9. The predicted octanol–water partition coefficient (Wildman–Crippen LogP) is 3.15. The van der Waals surface area contributed by atoms with Gasteiger partial charge in [0.05, 0.1) is 17.7 Å². The third-order valence-corrected chi connectivity index (χ3v) is 4.91. The van der Waals surface area contributed by atoms with E-state index in [2.05, 4.69) is 5.32 Å². The molecule has 3 rings (SSSR count). The molecule has 1 amide bonds. The Balaban J connectivity index is 1.86. The quantitative estimate of drug-likeness (QED) is 0.662. The molecule has 0 aromatic heterocycles. The van der Waals surface area contributed by atoms with Crippen LogP contribution < -0.4 is 15.2 Å². The lowest BCUT2D eigenvalue weighted by molar-refractivity contribution is -0.111. The van der Waals surface area contributed by atoms with Gasteiger partial charge in [0.15, 0.2) is 0 Å². The summed E-state index contributed by atoms with van der Waals surface area (Å²) in [6.07, 6.45) is 3.08. The fourth-order valence-electron chi connectivity index (χ4n) is 2.70. The van der Waals surface area contributed by atoms with Crippen LogP contribution in [-0.2, 0) is 14.8 Å². The molecule has 0 aliphatic rings. The number of ether oxygens (including phenoxy) is 1. The first-order valence-electron chi connectivity index (χ1n) is 8.06. The smallest absolute Gasteiger partial charge is 0.248 e. The second-order valence-electron chi connectivity index (χ2n) is 5.80. The Morgan fingerprint density at radius 2 is 1.81 bits per heavy atom. The van der Waals surface area contributed by atoms with Gasteiger partial charge in [-0.05, 0) is 40.6 Å². The summed E-state index contributed by atoms with van der Waals surface area (Å²) in [4.78, 5) is 12.2. The Morgan fingerprint density at radius 3 is 2.56 bits per heavy atom. The van der Waals surface area contributed by atoms with Crippen molar-refractivity contribution in [1.82, 2.24) is 0 Å². The molecular formula is C20H18N2O4S. The molecule has 0 heterocycles. The topological polar surface area (TPSA) is 98.5 Å². The molecule has 0 saturated carbocycles. The average molecular weight is 382 g/mol. The number of nitrogens with one attached hydrogen (secondary N) is 1. The summed E-state index contributed by atoms with van der Waals surface area (Å²) in [7, 11) is -2.47. The fourth-order valence-corrected chi connectivity index (χ4v) is 3.24. The van der Waals surface area contributed by atoms with Crippen LogP contribution in [0.15, 0.2) is 71.6 Å². The van der Waals surface area contributed by atoms with Crippen LogP contribution in [0.3, 0.4) is 0 Å². The van der Waals surface area contributed by atoms with Crippen molar-refractivity contribution in [3.05, 3.63) is 72.3 Å². The number of carbonyl (C=O) groups excluding carboxylic acids is 1. The minimum Gasteiger partial charge on any atom is -0.495 e. The molecule has 6 nitrogen and oxygen atoms in total. The Labute approximate surface area is 157 Å². The van der Waals surface area contributed by atoms with E-state index in [1.807, 2.05) is 42.5 Å². The summed E-state index contributed by atoms with van der Waals surface area (Å²) in [6, 6.07) is 17.7. The molecule has 0 aliphatic carbocycles. The molecule has 0 spiro atoms. The van der Waals surface area contributed by atoms with Crippen LogP contribution >= 0.6 is 0 Å². The molecule has 0 atom stereocenters. The van der Waals surface area contributed by atoms with Crippen molar-refractivity contribution in [3.8, 4) is 5.75 Å². The van der Waals surface area contributed by atoms with Crippen molar-refractivity contribution < 1.29 is 17.9 Å². The number of carbonyl (C=O) groups is 1. The van der Waals surface area contributed by atoms with Gasteiger partial charge in [0.2, 0.25) is 15.9 Å². The van der Waals surface area contributed by atoms with Gasteiger partial charge in [-0.25, -0.2) is 13.6 Å². The van der Waals surface area contributed by atoms with Crippen LogP contribution in [0.2, 0.25) is 0 Å². The van der Waals surface area contributed by atoms with Crippen LogP contribution in [0, 0.1) is 0 Å². The number of nitrogens with two attached hydrogens (primary N) is 1. The lowest BCUT2D eigenvalue weighted by Crippen LogP contribution is -2.14. The molecule has 7 heteroatoms. The molecule has 0 saturated heterocycles. The number of methoxy groups -OCH3 is 1. The second kappa shape index (κ2) is 7.61. The SMILES string of the molecule is COc1ccc(S(N)(=O)=O)cc1NC(=O)/C=C/c1cccc2ccccc12. The van der Waals surface area contributed by atoms with E-state index in [4.69, 9.17) is 9.88 Å². The Bertz CT molecular complexity index is 1130. The fraction of sp³-hybridized carbons (Fsp3) is 0.0500. The summed E-state index contributed by atoms with van der Waals surface area (Å²) in [5.41, 5.74) is 1.12. The number of benzene rings is 3. The minimum absolute atomic E-state index is 0.114. The van der Waals surface area contributed by atoms with E-state index in [0.29, 0.717) is 5.75 Å². The summed E-state index contributed by atoms with van der Waals surface area (Å²) < 4.78 is 28.2. The third-order valence-electron chi connectivity index (χ3n) is 3.99. The van der Waals surface area contributed by atoms with Gasteiger partial charge in [0, 0.05) is 6.08 Å². The number of hydrogen-bond acceptors (Lipinski definition) is 4. The summed E-state index contributed by atoms with van der Waals surface area (Å²) >= 11 is 0. The zero-order valence-electron chi connectivity index (χ0n) is 14.5. The molecule has 3 N–H and O–H groups in total. The molecular weight excluding hydrogens is 364 g/mol. The Kier molecular flexibility index (Phi) is 5.25. The van der Waals surface area contributed by atoms with Crippen molar-refractivity contribution >= 4 is 38.5 Å². The standard InChI is InChI=1S/C20H18N2O4S/c1-26-19-11-10-16(27(21,24)25)13-18(19)22-20(23)12-9-15-7-4-6-14-5-2-3-8-17(14)15/h2-13H,1H3,(H,22,23)(H2,21,24,25)/b12-9+. The average Bonchev–Trinajstić information content (AvgIpc) is 2.65. The maximum absolute atomic E-state index is 12.3. The van der Waals surface area contributed by atoms with Crippen molar-refractivity contribution in [2.75, 3.05) is 12.4 Å². The highest BCUT2D eigenvalue weighted by Crippen LogP contribution is 2.27. The highest BCUT2D eigenvalue weighted by molar-refractivity contribution is 7.89. The highest BCUT2D eigenvalue weighted by atomic mass is 32.2. The molecule has 3 aromatic carbocycles. The van der Waals surface area contributed by atoms with E-state index in [1.54, 1.807) is 6.08 Å². The first-order valence-corrected chi connectivity index (χ1v) is 9.61. The summed E-state index contributed by atoms with van der Waals surface area (Å²) in [6.45, 7) is 0. The monoisotopic (exact) mass is 382 g/mol. The van der Waals surface area contributed by atoms with E-state index >= 15 is 0 Å². The number of sulfonamides is 1. The van der Waals surface area contributed by atoms with E-state index in [1.165, 1.54) is 31.4 Å². The maximum Gasteiger partial charge on any atom is 0.248 e. The largest absolute Gasteiger partial charge is 0.495 e.